The van der Waals surface area contributed by atoms with Crippen molar-refractivity contribution in [3.63, 3.8) is 0 Å². The van der Waals surface area contributed by atoms with Crippen LogP contribution in [-0.4, -0.2) is 12.3 Å². The van der Waals surface area contributed by atoms with Crippen molar-refractivity contribution >= 4 is 6.09 Å². The van der Waals surface area contributed by atoms with Gasteiger partial charge in [-0.25, -0.2) is 10.2 Å². The molecule has 1 aromatic rings. The minimum atomic E-state index is -0.470. The highest BCUT2D eigenvalue weighted by molar-refractivity contribution is 5.70. The van der Waals surface area contributed by atoms with Crippen molar-refractivity contribution in [1.82, 2.24) is 16.2 Å². The maximum absolute atomic E-state index is 11.7. The third-order valence-electron chi connectivity index (χ3n) is 2.91. The summed E-state index contributed by atoms with van der Waals surface area (Å²) in [6, 6.07) is 8.98. The zero-order valence-corrected chi connectivity index (χ0v) is 9.59. The van der Waals surface area contributed by atoms with E-state index in [1.54, 1.807) is 12.1 Å². The maximum Gasteiger partial charge on any atom is 0.413 e. The van der Waals surface area contributed by atoms with Crippen molar-refractivity contribution in [1.29, 1.82) is 0 Å². The van der Waals surface area contributed by atoms with Crippen LogP contribution in [0.15, 0.2) is 54.3 Å². The van der Waals surface area contributed by atoms with E-state index in [4.69, 9.17) is 4.74 Å². The van der Waals surface area contributed by atoms with Gasteiger partial charge in [0.05, 0.1) is 5.92 Å². The first-order valence-electron chi connectivity index (χ1n) is 5.76. The molecule has 3 rings (SSSR count). The highest BCUT2D eigenvalue weighted by atomic mass is 16.6. The van der Waals surface area contributed by atoms with Crippen LogP contribution in [0.1, 0.15) is 0 Å². The summed E-state index contributed by atoms with van der Waals surface area (Å²) < 4.78 is 5.16. The molecule has 2 unspecified atom stereocenters. The Balaban J connectivity index is 1.59. The molecule has 1 heterocycles. The van der Waals surface area contributed by atoms with Gasteiger partial charge in [0.1, 0.15) is 11.9 Å². The molecule has 0 aromatic heterocycles. The number of carbonyl (C=O) groups excluding carboxylic acids is 1. The molecule has 1 aliphatic heterocycles. The number of benzene rings is 1. The number of nitrogens with one attached hydrogen (secondary N) is 3. The normalized spacial score (nSPS) is 24.1. The maximum atomic E-state index is 11.7. The number of allylic oxidation sites excluding steroid dienone is 2. The third-order valence-corrected chi connectivity index (χ3v) is 2.91. The second kappa shape index (κ2) is 4.54. The fraction of sp³-hybridized carbons (Fsp3) is 0.154. The van der Waals surface area contributed by atoms with Crippen LogP contribution in [-0.2, 0) is 0 Å². The van der Waals surface area contributed by atoms with E-state index in [1.165, 1.54) is 0 Å². The number of fused-ring (bicyclic) bond motifs is 1. The van der Waals surface area contributed by atoms with Crippen LogP contribution in [0.2, 0.25) is 0 Å². The lowest BCUT2D eigenvalue weighted by molar-refractivity contribution is 0.192. The highest BCUT2D eigenvalue weighted by Crippen LogP contribution is 2.23. The standard InChI is InChI=1S/C13H13N3O2/c17-13(18-9-5-2-1-3-6-9)14-12-10-7-4-8-11(10)15-16-12/h1-8,10,12,15-16H,(H,14,17). The first kappa shape index (κ1) is 10.9. The molecule has 3 N–H and O–H groups in total. The van der Waals surface area contributed by atoms with Crippen molar-refractivity contribution in [3.05, 3.63) is 54.3 Å². The number of carbonyl (C=O) groups is 1. The fourth-order valence-electron chi connectivity index (χ4n) is 2.04. The lowest BCUT2D eigenvalue weighted by Gasteiger charge is -2.15. The largest absolute Gasteiger partial charge is 0.413 e. The number of hydrogen-bond acceptors (Lipinski definition) is 4. The molecule has 1 saturated heterocycles. The molecular weight excluding hydrogens is 230 g/mol. The molecule has 0 spiro atoms. The van der Waals surface area contributed by atoms with Crippen LogP contribution in [0.3, 0.4) is 0 Å². The molecule has 2 aliphatic rings. The lowest BCUT2D eigenvalue weighted by Crippen LogP contribution is -2.47. The highest BCUT2D eigenvalue weighted by Gasteiger charge is 2.32. The molecule has 1 fully saturated rings. The smallest absolute Gasteiger partial charge is 0.410 e. The number of hydrogen-bond donors (Lipinski definition) is 3. The van der Waals surface area contributed by atoms with E-state index < -0.39 is 6.09 Å². The summed E-state index contributed by atoms with van der Waals surface area (Å²) in [6.45, 7) is 0. The Kier molecular flexibility index (Phi) is 2.74. The van der Waals surface area contributed by atoms with Crippen LogP contribution < -0.4 is 20.9 Å². The van der Waals surface area contributed by atoms with Crippen molar-refractivity contribution < 1.29 is 9.53 Å². The summed E-state index contributed by atoms with van der Waals surface area (Å²) in [6.07, 6.45) is 5.30. The zero-order valence-electron chi connectivity index (χ0n) is 9.59. The van der Waals surface area contributed by atoms with Gasteiger partial charge in [-0.1, -0.05) is 30.4 Å². The van der Waals surface area contributed by atoms with Crippen molar-refractivity contribution in [3.8, 4) is 5.75 Å². The summed E-state index contributed by atoms with van der Waals surface area (Å²) in [7, 11) is 0. The van der Waals surface area contributed by atoms with E-state index in [-0.39, 0.29) is 12.1 Å². The summed E-state index contributed by atoms with van der Waals surface area (Å²) >= 11 is 0. The van der Waals surface area contributed by atoms with E-state index in [1.807, 2.05) is 36.4 Å². The molecular formula is C13H13N3O2. The molecule has 0 bridgehead atoms. The number of para-hydroxylation sites is 1. The predicted molar refractivity (Wildman–Crippen MR) is 66.4 cm³/mol. The number of hydrazine groups is 1. The van der Waals surface area contributed by atoms with Gasteiger partial charge in [0, 0.05) is 5.70 Å². The van der Waals surface area contributed by atoms with Crippen molar-refractivity contribution in [2.75, 3.05) is 0 Å². The second-order valence-corrected chi connectivity index (χ2v) is 4.13. The Hall–Kier alpha value is -2.27. The van der Waals surface area contributed by atoms with Gasteiger partial charge in [-0.2, -0.15) is 0 Å². The molecule has 1 aliphatic carbocycles. The van der Waals surface area contributed by atoms with E-state index in [9.17, 15) is 4.79 Å². The quantitative estimate of drug-likeness (QED) is 0.732. The first-order chi connectivity index (χ1) is 8.83. The molecule has 0 saturated carbocycles. The molecule has 92 valence electrons. The Labute approximate surface area is 104 Å². The summed E-state index contributed by atoms with van der Waals surface area (Å²) in [5.41, 5.74) is 7.07. The topological polar surface area (TPSA) is 62.4 Å². The number of rotatable bonds is 2. The van der Waals surface area contributed by atoms with Gasteiger partial charge >= 0.3 is 6.09 Å². The average Bonchev–Trinajstić information content (AvgIpc) is 2.95. The van der Waals surface area contributed by atoms with Crippen LogP contribution in [0.4, 0.5) is 4.79 Å². The van der Waals surface area contributed by atoms with Gasteiger partial charge < -0.3 is 15.5 Å². The Morgan fingerprint density at radius 2 is 2.11 bits per heavy atom. The van der Waals surface area contributed by atoms with Gasteiger partial charge in [0.25, 0.3) is 0 Å². The summed E-state index contributed by atoms with van der Waals surface area (Å²) in [5.74, 6) is 0.673. The Morgan fingerprint density at radius 3 is 2.94 bits per heavy atom. The van der Waals surface area contributed by atoms with E-state index in [2.05, 4.69) is 16.2 Å². The minimum absolute atomic E-state index is 0.147. The molecule has 18 heavy (non-hydrogen) atoms. The van der Waals surface area contributed by atoms with Gasteiger partial charge in [-0.3, -0.25) is 0 Å². The van der Waals surface area contributed by atoms with Crippen molar-refractivity contribution in [2.45, 2.75) is 6.17 Å². The van der Waals surface area contributed by atoms with Crippen LogP contribution in [0.25, 0.3) is 0 Å². The average molecular weight is 243 g/mol. The summed E-state index contributed by atoms with van der Waals surface area (Å²) in [4.78, 5) is 11.7. The zero-order chi connectivity index (χ0) is 12.4. The van der Waals surface area contributed by atoms with Gasteiger partial charge in [0.15, 0.2) is 0 Å². The molecule has 1 amide bonds. The van der Waals surface area contributed by atoms with Gasteiger partial charge in [-0.15, -0.1) is 0 Å². The molecule has 2 atom stereocenters. The lowest BCUT2D eigenvalue weighted by atomic mass is 10.1. The minimum Gasteiger partial charge on any atom is -0.410 e. The monoisotopic (exact) mass is 243 g/mol. The fourth-order valence-corrected chi connectivity index (χ4v) is 2.04. The number of amides is 1. The summed E-state index contributed by atoms with van der Waals surface area (Å²) in [5, 5.41) is 2.77. The van der Waals surface area contributed by atoms with E-state index >= 15 is 0 Å². The van der Waals surface area contributed by atoms with Gasteiger partial charge in [0.2, 0.25) is 0 Å². The third kappa shape index (κ3) is 2.08. The van der Waals surface area contributed by atoms with E-state index in [0.717, 1.165) is 5.70 Å². The molecule has 5 nitrogen and oxygen atoms in total. The molecule has 5 heteroatoms. The van der Waals surface area contributed by atoms with Crippen molar-refractivity contribution in [2.24, 2.45) is 5.92 Å². The Morgan fingerprint density at radius 1 is 1.28 bits per heavy atom. The first-order valence-corrected chi connectivity index (χ1v) is 5.76. The van der Waals surface area contributed by atoms with Gasteiger partial charge in [-0.05, 0) is 18.2 Å². The predicted octanol–water partition coefficient (Wildman–Crippen LogP) is 1.28. The molecule has 0 radical (unpaired) electrons. The second-order valence-electron chi connectivity index (χ2n) is 4.13. The van der Waals surface area contributed by atoms with Crippen LogP contribution >= 0.6 is 0 Å². The SMILES string of the molecule is O=C(NC1NNC2=CC=CC21)Oc1ccccc1. The van der Waals surface area contributed by atoms with Crippen LogP contribution in [0, 0.1) is 5.92 Å². The molecule has 1 aromatic carbocycles. The number of ether oxygens (including phenoxy) is 1. The Bertz CT molecular complexity index is 510. The van der Waals surface area contributed by atoms with Crippen LogP contribution in [0.5, 0.6) is 5.75 Å². The van der Waals surface area contributed by atoms with E-state index in [0.29, 0.717) is 5.75 Å².